The van der Waals surface area contributed by atoms with E-state index in [1.54, 1.807) is 0 Å². The van der Waals surface area contributed by atoms with Gasteiger partial charge in [0.25, 0.3) is 0 Å². The molecule has 0 spiro atoms. The van der Waals surface area contributed by atoms with Crippen LogP contribution in [0.4, 0.5) is 0 Å². The number of rotatable bonds is 3. The van der Waals surface area contributed by atoms with Gasteiger partial charge in [-0.05, 0) is 12.1 Å². The topological polar surface area (TPSA) is 20.9 Å². The van der Waals surface area contributed by atoms with E-state index in [0.717, 1.165) is 15.7 Å². The molecule has 0 radical (unpaired) electrons. The third kappa shape index (κ3) is 3.01. The Bertz CT molecular complexity index is 551. The molecule has 0 unspecified atom stereocenters. The largest absolute Gasteiger partial charge is 0.287 e. The zero-order valence-corrected chi connectivity index (χ0v) is 11.1. The summed E-state index contributed by atoms with van der Waals surface area (Å²) in [6, 6.07) is 13.4. The fraction of sp³-hybridized carbons (Fsp3) is 0.143. The molecule has 2 aromatic rings. The van der Waals surface area contributed by atoms with Crippen molar-refractivity contribution in [2.75, 3.05) is 0 Å². The highest BCUT2D eigenvalue weighted by Crippen LogP contribution is 2.12. The normalized spacial score (nSPS) is 10.2. The first-order valence-electron chi connectivity index (χ1n) is 5.40. The molecule has 0 aliphatic carbocycles. The number of pyridine rings is 1. The number of aryl methyl sites for hydroxylation is 1. The summed E-state index contributed by atoms with van der Waals surface area (Å²) in [5.74, 6) is 0.116. The number of carbonyl (C=O) groups is 1. The van der Waals surface area contributed by atoms with Crippen molar-refractivity contribution in [1.29, 1.82) is 0 Å². The minimum atomic E-state index is 0.116. The highest BCUT2D eigenvalue weighted by molar-refractivity contribution is 9.10. The Labute approximate surface area is 109 Å². The van der Waals surface area contributed by atoms with Crippen molar-refractivity contribution in [1.82, 2.24) is 0 Å². The molecule has 0 N–H and O–H groups in total. The summed E-state index contributed by atoms with van der Waals surface area (Å²) in [4.78, 5) is 12.1. The lowest BCUT2D eigenvalue weighted by Crippen LogP contribution is -2.40. The summed E-state index contributed by atoms with van der Waals surface area (Å²) in [5, 5.41) is 0. The predicted molar refractivity (Wildman–Crippen MR) is 69.8 cm³/mol. The minimum absolute atomic E-state index is 0.116. The van der Waals surface area contributed by atoms with Crippen molar-refractivity contribution >= 4 is 21.7 Å². The van der Waals surface area contributed by atoms with Gasteiger partial charge in [0, 0.05) is 29.1 Å². The lowest BCUT2D eigenvalue weighted by atomic mass is 10.1. The zero-order chi connectivity index (χ0) is 12.3. The Balaban J connectivity index is 2.20. The van der Waals surface area contributed by atoms with Gasteiger partial charge in [-0.15, -0.1) is 0 Å². The first-order valence-corrected chi connectivity index (χ1v) is 6.20. The maximum absolute atomic E-state index is 12.1. The molecule has 0 bridgehead atoms. The second-order valence-corrected chi connectivity index (χ2v) is 4.82. The second kappa shape index (κ2) is 5.23. The molecule has 86 valence electrons. The first-order chi connectivity index (χ1) is 8.16. The second-order valence-electron chi connectivity index (χ2n) is 3.90. The van der Waals surface area contributed by atoms with Crippen LogP contribution < -0.4 is 4.57 Å². The third-order valence-corrected chi connectivity index (χ3v) is 3.12. The summed E-state index contributed by atoms with van der Waals surface area (Å²) in [6.07, 6.45) is 1.92. The van der Waals surface area contributed by atoms with E-state index in [1.807, 2.05) is 60.2 Å². The molecule has 17 heavy (non-hydrogen) atoms. The molecule has 2 rings (SSSR count). The number of halogens is 1. The average molecular weight is 291 g/mol. The van der Waals surface area contributed by atoms with Gasteiger partial charge in [0.2, 0.25) is 12.3 Å². The smallest absolute Gasteiger partial charge is 0.227 e. The summed E-state index contributed by atoms with van der Waals surface area (Å²) in [6.45, 7) is 2.37. The number of carbonyl (C=O) groups excluding carboxylic acids is 1. The third-order valence-electron chi connectivity index (χ3n) is 2.63. The van der Waals surface area contributed by atoms with E-state index in [2.05, 4.69) is 15.9 Å². The van der Waals surface area contributed by atoms with E-state index in [-0.39, 0.29) is 5.78 Å². The van der Waals surface area contributed by atoms with Crippen molar-refractivity contribution in [2.45, 2.75) is 13.5 Å². The number of aromatic nitrogens is 1. The van der Waals surface area contributed by atoms with E-state index in [0.29, 0.717) is 6.54 Å². The van der Waals surface area contributed by atoms with E-state index in [4.69, 9.17) is 0 Å². The molecule has 0 aliphatic heterocycles. The number of hydrogen-bond acceptors (Lipinski definition) is 1. The number of nitrogens with zero attached hydrogens (tertiary/aromatic N) is 1. The zero-order valence-electron chi connectivity index (χ0n) is 9.56. The molecular weight excluding hydrogens is 278 g/mol. The maximum atomic E-state index is 12.1. The number of ketones is 1. The molecule has 0 atom stereocenters. The summed E-state index contributed by atoms with van der Waals surface area (Å²) < 4.78 is 2.88. The van der Waals surface area contributed by atoms with Crippen LogP contribution in [0.25, 0.3) is 0 Å². The van der Waals surface area contributed by atoms with Gasteiger partial charge in [-0.3, -0.25) is 4.79 Å². The van der Waals surface area contributed by atoms with Crippen molar-refractivity contribution in [3.05, 3.63) is 64.4 Å². The van der Waals surface area contributed by atoms with Crippen LogP contribution in [0.3, 0.4) is 0 Å². The van der Waals surface area contributed by atoms with Crippen LogP contribution in [0.1, 0.15) is 16.1 Å². The first kappa shape index (κ1) is 12.0. The predicted octanol–water partition coefficient (Wildman–Crippen LogP) is 2.93. The van der Waals surface area contributed by atoms with Gasteiger partial charge in [0.1, 0.15) is 0 Å². The van der Waals surface area contributed by atoms with Gasteiger partial charge in [-0.25, -0.2) is 0 Å². The van der Waals surface area contributed by atoms with Crippen molar-refractivity contribution < 1.29 is 9.36 Å². The SMILES string of the molecule is Cc1cccc[n+]1CC(=O)c1cccc(Br)c1. The fourth-order valence-electron chi connectivity index (χ4n) is 1.65. The van der Waals surface area contributed by atoms with Crippen molar-refractivity contribution in [3.8, 4) is 0 Å². The molecule has 1 aromatic carbocycles. The molecule has 3 heteroatoms. The van der Waals surface area contributed by atoms with Crippen molar-refractivity contribution in [3.63, 3.8) is 0 Å². The van der Waals surface area contributed by atoms with E-state index < -0.39 is 0 Å². The van der Waals surface area contributed by atoms with E-state index in [9.17, 15) is 4.79 Å². The maximum Gasteiger partial charge on any atom is 0.227 e. The molecule has 2 nitrogen and oxygen atoms in total. The highest BCUT2D eigenvalue weighted by atomic mass is 79.9. The minimum Gasteiger partial charge on any atom is -0.287 e. The van der Waals surface area contributed by atoms with Gasteiger partial charge in [0.15, 0.2) is 11.9 Å². The van der Waals surface area contributed by atoms with E-state index in [1.165, 1.54) is 0 Å². The number of hydrogen-bond donors (Lipinski definition) is 0. The van der Waals surface area contributed by atoms with Gasteiger partial charge in [-0.2, -0.15) is 4.57 Å². The molecular formula is C14H13BrNO+. The molecule has 1 heterocycles. The van der Waals surface area contributed by atoms with Crippen molar-refractivity contribution in [2.24, 2.45) is 0 Å². The number of Topliss-reactive ketones (excluding diaryl/α,β-unsaturated/α-hetero) is 1. The summed E-state index contributed by atoms with van der Waals surface area (Å²) in [7, 11) is 0. The standard InChI is InChI=1S/C14H13BrNO/c1-11-5-2-3-8-16(11)10-14(17)12-6-4-7-13(15)9-12/h2-9H,10H2,1H3/q+1. The average Bonchev–Trinajstić information content (AvgIpc) is 2.32. The van der Waals surface area contributed by atoms with Crippen LogP contribution in [0, 0.1) is 6.92 Å². The molecule has 0 saturated heterocycles. The summed E-state index contributed by atoms with van der Waals surface area (Å²) in [5.41, 5.74) is 1.81. The van der Waals surface area contributed by atoms with Crippen LogP contribution in [-0.2, 0) is 6.54 Å². The highest BCUT2D eigenvalue weighted by Gasteiger charge is 2.13. The van der Waals surface area contributed by atoms with Crippen LogP contribution in [0.15, 0.2) is 53.1 Å². The van der Waals surface area contributed by atoms with Gasteiger partial charge >= 0.3 is 0 Å². The molecule has 0 amide bonds. The quantitative estimate of drug-likeness (QED) is 0.629. The fourth-order valence-corrected chi connectivity index (χ4v) is 2.05. The van der Waals surface area contributed by atoms with E-state index >= 15 is 0 Å². The van der Waals surface area contributed by atoms with Gasteiger partial charge in [-0.1, -0.05) is 34.1 Å². The Morgan fingerprint density at radius 3 is 2.76 bits per heavy atom. The Hall–Kier alpha value is -1.48. The lowest BCUT2D eigenvalue weighted by Gasteiger charge is -2.01. The van der Waals surface area contributed by atoms with Crippen LogP contribution >= 0.6 is 15.9 Å². The van der Waals surface area contributed by atoms with Crippen LogP contribution in [0.2, 0.25) is 0 Å². The molecule has 0 saturated carbocycles. The Morgan fingerprint density at radius 1 is 1.24 bits per heavy atom. The van der Waals surface area contributed by atoms with Crippen LogP contribution in [-0.4, -0.2) is 5.78 Å². The Morgan fingerprint density at radius 2 is 2.06 bits per heavy atom. The van der Waals surface area contributed by atoms with Gasteiger partial charge < -0.3 is 0 Å². The van der Waals surface area contributed by atoms with Crippen LogP contribution in [0.5, 0.6) is 0 Å². The molecule has 0 fully saturated rings. The molecule has 1 aromatic heterocycles. The monoisotopic (exact) mass is 290 g/mol. The van der Waals surface area contributed by atoms with Gasteiger partial charge in [0.05, 0.1) is 0 Å². The molecule has 0 aliphatic rings. The Kier molecular flexibility index (Phi) is 3.69. The summed E-state index contributed by atoms with van der Waals surface area (Å²) >= 11 is 3.37. The number of benzene rings is 1. The lowest BCUT2D eigenvalue weighted by molar-refractivity contribution is -0.689.